The Balaban J connectivity index is 2.47. The molecule has 0 spiro atoms. The first kappa shape index (κ1) is 13.4. The van der Waals surface area contributed by atoms with Crippen molar-refractivity contribution in [1.82, 2.24) is 5.32 Å². The molecule has 0 amide bonds. The number of hydrogen-bond acceptors (Lipinski definition) is 4. The second-order valence-electron chi connectivity index (χ2n) is 4.72. The molecule has 1 heterocycles. The lowest BCUT2D eigenvalue weighted by atomic mass is 10.1. The van der Waals surface area contributed by atoms with Crippen LogP contribution in [-0.4, -0.2) is 27.4 Å². The molecule has 1 aromatic carbocycles. The molecule has 18 heavy (non-hydrogen) atoms. The van der Waals surface area contributed by atoms with Gasteiger partial charge in [-0.2, -0.15) is 0 Å². The summed E-state index contributed by atoms with van der Waals surface area (Å²) in [7, 11) is -1.69. The van der Waals surface area contributed by atoms with Crippen LogP contribution in [0.15, 0.2) is 17.0 Å². The molecule has 1 N–H and O–H groups in total. The standard InChI is InChI=1S/C13H19NO3S/c1-9-8-12(10(2)7-11(9)17-3)18(15,16)13-5-4-6-14-13/h7-8,13-14H,4-6H2,1-3H3. The van der Waals surface area contributed by atoms with Crippen molar-refractivity contribution in [2.45, 2.75) is 37.0 Å². The van der Waals surface area contributed by atoms with Gasteiger partial charge in [-0.15, -0.1) is 0 Å². The Kier molecular flexibility index (Phi) is 3.64. The maximum Gasteiger partial charge on any atom is 0.194 e. The van der Waals surface area contributed by atoms with Gasteiger partial charge in [-0.3, -0.25) is 0 Å². The highest BCUT2D eigenvalue weighted by Gasteiger charge is 2.31. The third-order valence-corrected chi connectivity index (χ3v) is 5.59. The summed E-state index contributed by atoms with van der Waals surface area (Å²) < 4.78 is 30.2. The van der Waals surface area contributed by atoms with Gasteiger partial charge in [0, 0.05) is 0 Å². The fourth-order valence-corrected chi connectivity index (χ4v) is 4.33. The number of nitrogens with one attached hydrogen (secondary N) is 1. The molecule has 1 fully saturated rings. The first-order valence-electron chi connectivity index (χ1n) is 6.09. The van der Waals surface area contributed by atoms with Gasteiger partial charge in [-0.1, -0.05) is 0 Å². The highest BCUT2D eigenvalue weighted by molar-refractivity contribution is 7.92. The van der Waals surface area contributed by atoms with Crippen LogP contribution in [0.2, 0.25) is 0 Å². The Labute approximate surface area is 108 Å². The van der Waals surface area contributed by atoms with Crippen LogP contribution in [-0.2, 0) is 9.84 Å². The molecule has 4 nitrogen and oxygen atoms in total. The lowest BCUT2D eigenvalue weighted by Gasteiger charge is -2.16. The lowest BCUT2D eigenvalue weighted by molar-refractivity contribution is 0.411. The topological polar surface area (TPSA) is 55.4 Å². The van der Waals surface area contributed by atoms with Crippen LogP contribution in [0.5, 0.6) is 5.75 Å². The predicted octanol–water partition coefficient (Wildman–Crippen LogP) is 1.80. The molecular formula is C13H19NO3S. The summed E-state index contributed by atoms with van der Waals surface area (Å²) in [6.45, 7) is 4.45. The molecule has 1 aliphatic heterocycles. The maximum absolute atomic E-state index is 12.5. The van der Waals surface area contributed by atoms with Gasteiger partial charge >= 0.3 is 0 Å². The first-order chi connectivity index (χ1) is 8.46. The van der Waals surface area contributed by atoms with E-state index in [1.54, 1.807) is 19.2 Å². The van der Waals surface area contributed by atoms with Crippen molar-refractivity contribution in [2.24, 2.45) is 0 Å². The van der Waals surface area contributed by atoms with E-state index in [1.165, 1.54) is 0 Å². The van der Waals surface area contributed by atoms with Gasteiger partial charge in [0.2, 0.25) is 0 Å². The zero-order valence-electron chi connectivity index (χ0n) is 11.0. The molecule has 100 valence electrons. The predicted molar refractivity (Wildman–Crippen MR) is 70.7 cm³/mol. The van der Waals surface area contributed by atoms with E-state index in [1.807, 2.05) is 13.8 Å². The number of hydrogen-bond donors (Lipinski definition) is 1. The third-order valence-electron chi connectivity index (χ3n) is 3.39. The highest BCUT2D eigenvalue weighted by Crippen LogP contribution is 2.29. The van der Waals surface area contributed by atoms with E-state index in [0.717, 1.165) is 29.8 Å². The molecule has 1 unspecified atom stereocenters. The van der Waals surface area contributed by atoms with Gasteiger partial charge < -0.3 is 10.1 Å². The fraction of sp³-hybridized carbons (Fsp3) is 0.538. The second kappa shape index (κ2) is 4.90. The molecule has 1 aromatic rings. The molecule has 0 saturated carbocycles. The van der Waals surface area contributed by atoms with Gasteiger partial charge in [0.05, 0.1) is 12.0 Å². The summed E-state index contributed by atoms with van der Waals surface area (Å²) in [5, 5.41) is 2.61. The highest BCUT2D eigenvalue weighted by atomic mass is 32.2. The summed E-state index contributed by atoms with van der Waals surface area (Å²) in [6.07, 6.45) is 1.60. The average molecular weight is 269 g/mol. The molecule has 1 aliphatic rings. The van der Waals surface area contributed by atoms with Gasteiger partial charge in [0.15, 0.2) is 9.84 Å². The second-order valence-corrected chi connectivity index (χ2v) is 6.82. The van der Waals surface area contributed by atoms with Crippen molar-refractivity contribution in [3.05, 3.63) is 23.3 Å². The Morgan fingerprint density at radius 1 is 1.28 bits per heavy atom. The van der Waals surface area contributed by atoms with E-state index in [-0.39, 0.29) is 0 Å². The number of benzene rings is 1. The van der Waals surface area contributed by atoms with E-state index in [4.69, 9.17) is 4.74 Å². The van der Waals surface area contributed by atoms with Crippen LogP contribution in [0, 0.1) is 13.8 Å². The zero-order chi connectivity index (χ0) is 13.3. The van der Waals surface area contributed by atoms with Gasteiger partial charge in [-0.25, -0.2) is 8.42 Å². The molecule has 1 atom stereocenters. The largest absolute Gasteiger partial charge is 0.496 e. The van der Waals surface area contributed by atoms with E-state index in [9.17, 15) is 8.42 Å². The molecule has 0 aromatic heterocycles. The number of methoxy groups -OCH3 is 1. The monoisotopic (exact) mass is 269 g/mol. The summed E-state index contributed by atoms with van der Waals surface area (Å²) >= 11 is 0. The normalized spacial score (nSPS) is 20.1. The zero-order valence-corrected chi connectivity index (χ0v) is 11.8. The van der Waals surface area contributed by atoms with E-state index in [2.05, 4.69) is 5.32 Å². The Morgan fingerprint density at radius 3 is 2.56 bits per heavy atom. The van der Waals surface area contributed by atoms with Gasteiger partial charge in [0.1, 0.15) is 11.1 Å². The molecule has 5 heteroatoms. The van der Waals surface area contributed by atoms with Crippen LogP contribution < -0.4 is 10.1 Å². The van der Waals surface area contributed by atoms with Crippen molar-refractivity contribution in [3.8, 4) is 5.75 Å². The summed E-state index contributed by atoms with van der Waals surface area (Å²) in [5.41, 5.74) is 1.59. The minimum atomic E-state index is -3.28. The summed E-state index contributed by atoms with van der Waals surface area (Å²) in [6, 6.07) is 3.50. The van der Waals surface area contributed by atoms with Crippen molar-refractivity contribution >= 4 is 9.84 Å². The lowest BCUT2D eigenvalue weighted by Crippen LogP contribution is -2.31. The van der Waals surface area contributed by atoms with Crippen molar-refractivity contribution in [2.75, 3.05) is 13.7 Å². The minimum Gasteiger partial charge on any atom is -0.496 e. The molecule has 0 bridgehead atoms. The van der Waals surface area contributed by atoms with E-state index in [0.29, 0.717) is 11.3 Å². The summed E-state index contributed by atoms with van der Waals surface area (Å²) in [5.74, 6) is 0.728. The SMILES string of the molecule is COc1cc(C)c(S(=O)(=O)C2CCCN2)cc1C. The minimum absolute atomic E-state index is 0.417. The number of rotatable bonds is 3. The van der Waals surface area contributed by atoms with Crippen LogP contribution in [0.25, 0.3) is 0 Å². The first-order valence-corrected chi connectivity index (χ1v) is 7.64. The number of sulfone groups is 1. The van der Waals surface area contributed by atoms with E-state index < -0.39 is 15.2 Å². The average Bonchev–Trinajstić information content (AvgIpc) is 2.85. The molecule has 0 radical (unpaired) electrons. The Bertz CT molecular complexity index is 546. The van der Waals surface area contributed by atoms with Crippen LogP contribution in [0.3, 0.4) is 0 Å². The quantitative estimate of drug-likeness (QED) is 0.909. The Hall–Kier alpha value is -1.07. The number of aryl methyl sites for hydroxylation is 2. The van der Waals surface area contributed by atoms with Crippen molar-refractivity contribution in [1.29, 1.82) is 0 Å². The van der Waals surface area contributed by atoms with Gasteiger partial charge in [-0.05, 0) is 56.5 Å². The van der Waals surface area contributed by atoms with Crippen molar-refractivity contribution < 1.29 is 13.2 Å². The molecule has 2 rings (SSSR count). The van der Waals surface area contributed by atoms with Crippen LogP contribution >= 0.6 is 0 Å². The third kappa shape index (κ3) is 2.24. The maximum atomic E-state index is 12.5. The Morgan fingerprint density at radius 2 is 2.00 bits per heavy atom. The smallest absolute Gasteiger partial charge is 0.194 e. The van der Waals surface area contributed by atoms with E-state index >= 15 is 0 Å². The molecule has 1 saturated heterocycles. The van der Waals surface area contributed by atoms with Crippen LogP contribution in [0.4, 0.5) is 0 Å². The number of ether oxygens (including phenoxy) is 1. The molecular weight excluding hydrogens is 250 g/mol. The fourth-order valence-electron chi connectivity index (χ4n) is 2.36. The van der Waals surface area contributed by atoms with Crippen molar-refractivity contribution in [3.63, 3.8) is 0 Å². The van der Waals surface area contributed by atoms with Gasteiger partial charge in [0.25, 0.3) is 0 Å². The molecule has 0 aliphatic carbocycles. The summed E-state index contributed by atoms with van der Waals surface area (Å²) in [4.78, 5) is 0.417. The van der Waals surface area contributed by atoms with Crippen LogP contribution in [0.1, 0.15) is 24.0 Å².